The van der Waals surface area contributed by atoms with Crippen molar-refractivity contribution in [3.8, 4) is 0 Å². The van der Waals surface area contributed by atoms with E-state index in [4.69, 9.17) is 27.9 Å². The number of para-hydroxylation sites is 2. The second-order valence-electron chi connectivity index (χ2n) is 10.5. The molecule has 1 aromatic heterocycles. The first-order valence-electron chi connectivity index (χ1n) is 13.8. The standard InChI is InChI=1S/C34H25Cl2N3O5/c1-44-34(43)29(30-32(41)38-25-10-6-5-9-24(25)37-30)28(31(40)20-11-13-21(35)14-12-20)27-23-17-22(36)15-16-26(23)39(33(27)42)18-19-7-3-2-4-8-19/h2-17,27-29H,18H2,1H3,(H,38,41). The molecule has 0 bridgehead atoms. The minimum Gasteiger partial charge on any atom is -0.468 e. The zero-order valence-corrected chi connectivity index (χ0v) is 24.9. The predicted octanol–water partition coefficient (Wildman–Crippen LogP) is 6.32. The predicted molar refractivity (Wildman–Crippen MR) is 168 cm³/mol. The van der Waals surface area contributed by atoms with Gasteiger partial charge in [-0.05, 0) is 65.7 Å². The lowest BCUT2D eigenvalue weighted by Crippen LogP contribution is -2.41. The quantitative estimate of drug-likeness (QED) is 0.160. The van der Waals surface area contributed by atoms with Crippen LogP contribution in [0.25, 0.3) is 11.0 Å². The van der Waals surface area contributed by atoms with Crippen molar-refractivity contribution < 1.29 is 19.1 Å². The Kier molecular flexibility index (Phi) is 8.03. The van der Waals surface area contributed by atoms with Crippen LogP contribution in [0.3, 0.4) is 0 Å². The molecule has 10 heteroatoms. The van der Waals surface area contributed by atoms with Gasteiger partial charge >= 0.3 is 5.97 Å². The number of rotatable bonds is 8. The number of amides is 1. The molecule has 0 fully saturated rings. The third kappa shape index (κ3) is 5.38. The van der Waals surface area contributed by atoms with E-state index < -0.39 is 41.0 Å². The number of anilines is 1. The number of H-pyrrole nitrogens is 1. The number of methoxy groups -OCH3 is 1. The van der Waals surface area contributed by atoms with Gasteiger partial charge < -0.3 is 14.6 Å². The average Bonchev–Trinajstić information content (AvgIpc) is 3.29. The van der Waals surface area contributed by atoms with Crippen LogP contribution in [0.1, 0.15) is 39.0 Å². The number of carbonyl (C=O) groups excluding carboxylic acids is 3. The minimum absolute atomic E-state index is 0.198. The minimum atomic E-state index is -1.55. The highest BCUT2D eigenvalue weighted by Gasteiger charge is 2.51. The van der Waals surface area contributed by atoms with E-state index in [0.717, 1.165) is 12.7 Å². The Morgan fingerprint density at radius 1 is 0.909 bits per heavy atom. The molecule has 8 nitrogen and oxygen atoms in total. The maximum Gasteiger partial charge on any atom is 0.315 e. The second kappa shape index (κ2) is 12.1. The van der Waals surface area contributed by atoms with E-state index in [9.17, 15) is 19.2 Å². The summed E-state index contributed by atoms with van der Waals surface area (Å²) in [5, 5.41) is 0.746. The summed E-state index contributed by atoms with van der Waals surface area (Å²) in [7, 11) is 1.16. The molecule has 0 saturated heterocycles. The number of aromatic nitrogens is 2. The maximum absolute atomic E-state index is 14.6. The highest BCUT2D eigenvalue weighted by Crippen LogP contribution is 2.48. The molecule has 3 atom stereocenters. The first-order chi connectivity index (χ1) is 21.3. The van der Waals surface area contributed by atoms with Crippen LogP contribution in [0.5, 0.6) is 0 Å². The Hall–Kier alpha value is -4.79. The summed E-state index contributed by atoms with van der Waals surface area (Å²) >= 11 is 12.6. The van der Waals surface area contributed by atoms with Gasteiger partial charge in [-0.15, -0.1) is 0 Å². The van der Waals surface area contributed by atoms with Crippen molar-refractivity contribution in [2.24, 2.45) is 5.92 Å². The van der Waals surface area contributed by atoms with Crippen LogP contribution in [0.4, 0.5) is 5.69 Å². The summed E-state index contributed by atoms with van der Waals surface area (Å²) in [5.74, 6) is -6.05. The topological polar surface area (TPSA) is 109 Å². The number of nitrogens with one attached hydrogen (secondary N) is 1. The lowest BCUT2D eigenvalue weighted by Gasteiger charge is -2.28. The summed E-state index contributed by atoms with van der Waals surface area (Å²) in [4.78, 5) is 65.2. The smallest absolute Gasteiger partial charge is 0.315 e. The average molecular weight is 626 g/mol. The molecule has 1 aliphatic rings. The Morgan fingerprint density at radius 2 is 1.59 bits per heavy atom. The molecule has 4 aromatic carbocycles. The molecule has 1 aliphatic heterocycles. The summed E-state index contributed by atoms with van der Waals surface area (Å²) in [5.41, 5.74) is 2.01. The molecular formula is C34H25Cl2N3O5. The van der Waals surface area contributed by atoms with Crippen LogP contribution >= 0.6 is 23.2 Å². The van der Waals surface area contributed by atoms with Gasteiger partial charge in [-0.1, -0.05) is 65.7 Å². The number of aromatic amines is 1. The lowest BCUT2D eigenvalue weighted by atomic mass is 9.73. The van der Waals surface area contributed by atoms with E-state index in [1.807, 2.05) is 30.3 Å². The Bertz CT molecular complexity index is 1960. The molecule has 0 radical (unpaired) electrons. The summed E-state index contributed by atoms with van der Waals surface area (Å²) < 4.78 is 5.19. The number of hydrogen-bond donors (Lipinski definition) is 1. The van der Waals surface area contributed by atoms with E-state index in [1.165, 1.54) is 12.1 Å². The molecule has 1 amide bonds. The van der Waals surface area contributed by atoms with Gasteiger partial charge in [0.15, 0.2) is 5.78 Å². The van der Waals surface area contributed by atoms with Gasteiger partial charge in [0, 0.05) is 21.3 Å². The van der Waals surface area contributed by atoms with Gasteiger partial charge in [0.25, 0.3) is 5.56 Å². The Balaban J connectivity index is 1.58. The molecule has 6 rings (SSSR count). The van der Waals surface area contributed by atoms with Crippen LogP contribution in [0.2, 0.25) is 10.0 Å². The number of nitrogens with zero attached hydrogens (tertiary/aromatic N) is 2. The summed E-state index contributed by atoms with van der Waals surface area (Å²) in [6.45, 7) is 0.213. The van der Waals surface area contributed by atoms with Crippen LogP contribution in [0.15, 0.2) is 102 Å². The fourth-order valence-electron chi connectivity index (χ4n) is 5.83. The van der Waals surface area contributed by atoms with Crippen LogP contribution in [-0.2, 0) is 20.9 Å². The van der Waals surface area contributed by atoms with Crippen molar-refractivity contribution in [2.75, 3.05) is 12.0 Å². The summed E-state index contributed by atoms with van der Waals surface area (Å²) in [6.07, 6.45) is 0. The molecule has 220 valence electrons. The van der Waals surface area contributed by atoms with E-state index in [0.29, 0.717) is 32.3 Å². The Morgan fingerprint density at radius 3 is 2.32 bits per heavy atom. The molecule has 0 spiro atoms. The lowest BCUT2D eigenvalue weighted by molar-refractivity contribution is -0.144. The van der Waals surface area contributed by atoms with E-state index in [2.05, 4.69) is 9.97 Å². The number of carbonyl (C=O) groups is 3. The number of ketones is 1. The zero-order valence-electron chi connectivity index (χ0n) is 23.4. The number of fused-ring (bicyclic) bond motifs is 2. The fourth-order valence-corrected chi connectivity index (χ4v) is 6.13. The maximum atomic E-state index is 14.6. The fraction of sp³-hybridized carbons (Fsp3) is 0.147. The molecule has 0 saturated carbocycles. The highest BCUT2D eigenvalue weighted by molar-refractivity contribution is 6.31. The molecule has 2 heterocycles. The summed E-state index contributed by atoms with van der Waals surface area (Å²) in [6, 6.07) is 27.4. The van der Waals surface area contributed by atoms with Crippen molar-refractivity contribution in [2.45, 2.75) is 18.4 Å². The van der Waals surface area contributed by atoms with Crippen molar-refractivity contribution in [1.82, 2.24) is 9.97 Å². The van der Waals surface area contributed by atoms with Gasteiger partial charge in [0.2, 0.25) is 5.91 Å². The number of Topliss-reactive ketones (excluding diaryl/α,β-unsaturated/α-hetero) is 1. The van der Waals surface area contributed by atoms with Gasteiger partial charge in [0.05, 0.1) is 36.5 Å². The van der Waals surface area contributed by atoms with Crippen molar-refractivity contribution in [1.29, 1.82) is 0 Å². The SMILES string of the molecule is COC(=O)C(c1nc2ccccc2[nH]c1=O)C(C(=O)c1ccc(Cl)cc1)C1C(=O)N(Cc2ccccc2)c2ccc(Cl)cc21. The normalized spacial score (nSPS) is 15.6. The number of esters is 1. The third-order valence-corrected chi connectivity index (χ3v) is 8.34. The molecule has 1 N–H and O–H groups in total. The van der Waals surface area contributed by atoms with Crippen LogP contribution in [-0.4, -0.2) is 34.7 Å². The number of hydrogen-bond acceptors (Lipinski definition) is 6. The van der Waals surface area contributed by atoms with Crippen LogP contribution < -0.4 is 10.5 Å². The number of halogens is 2. The monoisotopic (exact) mass is 625 g/mol. The Labute approximate surface area is 262 Å². The van der Waals surface area contributed by atoms with Gasteiger partial charge in [0.1, 0.15) is 11.6 Å². The van der Waals surface area contributed by atoms with Gasteiger partial charge in [-0.2, -0.15) is 0 Å². The van der Waals surface area contributed by atoms with E-state index in [1.54, 1.807) is 59.5 Å². The number of ether oxygens (including phenoxy) is 1. The number of benzene rings is 4. The molecule has 44 heavy (non-hydrogen) atoms. The van der Waals surface area contributed by atoms with Gasteiger partial charge in [-0.25, -0.2) is 4.98 Å². The van der Waals surface area contributed by atoms with Crippen molar-refractivity contribution in [3.05, 3.63) is 140 Å². The van der Waals surface area contributed by atoms with E-state index >= 15 is 0 Å². The first-order valence-corrected chi connectivity index (χ1v) is 14.5. The third-order valence-electron chi connectivity index (χ3n) is 7.86. The highest BCUT2D eigenvalue weighted by atomic mass is 35.5. The van der Waals surface area contributed by atoms with E-state index in [-0.39, 0.29) is 17.8 Å². The second-order valence-corrected chi connectivity index (χ2v) is 11.3. The first kappa shape index (κ1) is 29.3. The zero-order chi connectivity index (χ0) is 31.0. The molecule has 3 unspecified atom stereocenters. The molecule has 0 aliphatic carbocycles. The van der Waals surface area contributed by atoms with Crippen LogP contribution in [0, 0.1) is 5.92 Å². The largest absolute Gasteiger partial charge is 0.468 e. The van der Waals surface area contributed by atoms with Crippen molar-refractivity contribution >= 4 is 57.6 Å². The van der Waals surface area contributed by atoms with Crippen molar-refractivity contribution in [3.63, 3.8) is 0 Å². The molecule has 5 aromatic rings. The van der Waals surface area contributed by atoms with Gasteiger partial charge in [-0.3, -0.25) is 19.2 Å². The molecular weight excluding hydrogens is 601 g/mol.